The van der Waals surface area contributed by atoms with E-state index in [1.807, 2.05) is 0 Å². The summed E-state index contributed by atoms with van der Waals surface area (Å²) in [5, 5.41) is 9.66. The van der Waals surface area contributed by atoms with Crippen LogP contribution in [0, 0.1) is 5.92 Å². The van der Waals surface area contributed by atoms with Crippen molar-refractivity contribution >= 4 is 0 Å². The highest BCUT2D eigenvalue weighted by Gasteiger charge is 2.83. The van der Waals surface area contributed by atoms with Gasteiger partial charge in [-0.1, -0.05) is 0 Å². The predicted molar refractivity (Wildman–Crippen MR) is 61.0 cm³/mol. The van der Waals surface area contributed by atoms with Crippen LogP contribution >= 0.6 is 0 Å². The minimum Gasteiger partial charge on any atom is -0.387 e. The highest BCUT2D eigenvalue weighted by Crippen LogP contribution is 2.57. The van der Waals surface area contributed by atoms with Crippen LogP contribution in [0.1, 0.15) is 20.3 Å². The molecule has 0 aromatic rings. The van der Waals surface area contributed by atoms with E-state index >= 15 is 0 Å². The number of halogens is 9. The molecule has 0 aromatic heterocycles. The molecule has 0 aliphatic carbocycles. The molecule has 0 radical (unpaired) electrons. The molecule has 12 heteroatoms. The summed E-state index contributed by atoms with van der Waals surface area (Å²) in [6, 6.07) is 0. The summed E-state index contributed by atoms with van der Waals surface area (Å²) >= 11 is 0. The summed E-state index contributed by atoms with van der Waals surface area (Å²) in [5.41, 5.74) is 0. The number of hydrogen-bond donors (Lipinski definition) is 1. The van der Waals surface area contributed by atoms with Gasteiger partial charge in [-0.15, -0.1) is 0 Å². The van der Waals surface area contributed by atoms with Crippen molar-refractivity contribution in [1.29, 1.82) is 0 Å². The quantitative estimate of drug-likeness (QED) is 0.743. The van der Waals surface area contributed by atoms with Gasteiger partial charge in [0.05, 0.1) is 12.0 Å². The maximum atomic E-state index is 13.9. The Bertz CT molecular complexity index is 438. The first-order valence-corrected chi connectivity index (χ1v) is 6.76. The highest BCUT2D eigenvalue weighted by molar-refractivity contribution is 5.05. The molecule has 1 N–H and O–H groups in total. The molecular weight excluding hydrogens is 363 g/mol. The van der Waals surface area contributed by atoms with Gasteiger partial charge in [0, 0.05) is 6.61 Å². The van der Waals surface area contributed by atoms with Crippen molar-refractivity contribution in [3.63, 3.8) is 0 Å². The van der Waals surface area contributed by atoms with E-state index in [-0.39, 0.29) is 6.61 Å². The van der Waals surface area contributed by atoms with Crippen molar-refractivity contribution < 1.29 is 54.1 Å². The minimum absolute atomic E-state index is 0.207. The predicted octanol–water partition coefficient (Wildman–Crippen LogP) is 3.60. The summed E-state index contributed by atoms with van der Waals surface area (Å²) in [7, 11) is 0. The fourth-order valence-corrected chi connectivity index (χ4v) is 2.34. The summed E-state index contributed by atoms with van der Waals surface area (Å²) < 4.78 is 127. The van der Waals surface area contributed by atoms with Crippen molar-refractivity contribution in [2.24, 2.45) is 5.92 Å². The summed E-state index contributed by atoms with van der Waals surface area (Å²) in [6.07, 6.45) is -13.6. The fourth-order valence-electron chi connectivity index (χ4n) is 2.34. The Labute approximate surface area is 130 Å². The van der Waals surface area contributed by atoms with Crippen molar-refractivity contribution in [2.75, 3.05) is 6.61 Å². The third-order valence-corrected chi connectivity index (χ3v) is 3.61. The van der Waals surface area contributed by atoms with Crippen molar-refractivity contribution in [2.45, 2.75) is 62.7 Å². The zero-order chi connectivity index (χ0) is 19.1. The Hall–Kier alpha value is -0.750. The lowest BCUT2D eigenvalue weighted by atomic mass is 9.82. The van der Waals surface area contributed by atoms with Gasteiger partial charge in [0.2, 0.25) is 0 Å². The first kappa shape index (κ1) is 21.3. The molecule has 1 aliphatic rings. The number of rotatable bonds is 5. The lowest BCUT2D eigenvalue weighted by Gasteiger charge is -2.44. The second-order valence-electron chi connectivity index (χ2n) is 5.37. The summed E-state index contributed by atoms with van der Waals surface area (Å²) in [4.78, 5) is 0. The molecule has 4 atom stereocenters. The highest BCUT2D eigenvalue weighted by atomic mass is 19.4. The third-order valence-electron chi connectivity index (χ3n) is 3.61. The van der Waals surface area contributed by atoms with E-state index in [0.717, 1.165) is 6.92 Å². The van der Waals surface area contributed by atoms with E-state index in [0.29, 0.717) is 0 Å². The molecular formula is C12H15F9O3. The van der Waals surface area contributed by atoms with E-state index < -0.39 is 54.8 Å². The lowest BCUT2D eigenvalue weighted by Crippen LogP contribution is -2.66. The molecule has 1 rings (SSSR count). The smallest absolute Gasteiger partial charge is 0.387 e. The van der Waals surface area contributed by atoms with Gasteiger partial charge in [0.25, 0.3) is 0 Å². The number of hydrogen-bond acceptors (Lipinski definition) is 3. The van der Waals surface area contributed by atoms with Gasteiger partial charge in [0.1, 0.15) is 6.10 Å². The number of aliphatic hydroxyl groups is 1. The van der Waals surface area contributed by atoms with Gasteiger partial charge < -0.3 is 14.6 Å². The second kappa shape index (κ2) is 6.52. The van der Waals surface area contributed by atoms with Gasteiger partial charge in [-0.05, 0) is 20.3 Å². The van der Waals surface area contributed by atoms with Crippen LogP contribution in [-0.2, 0) is 9.47 Å². The first-order valence-electron chi connectivity index (χ1n) is 6.76. The van der Waals surface area contributed by atoms with E-state index in [1.54, 1.807) is 0 Å². The Morgan fingerprint density at radius 2 is 1.50 bits per heavy atom. The Balaban J connectivity index is 3.25. The van der Waals surface area contributed by atoms with E-state index in [4.69, 9.17) is 9.47 Å². The zero-order valence-corrected chi connectivity index (χ0v) is 12.4. The van der Waals surface area contributed by atoms with Crippen LogP contribution in [0.3, 0.4) is 0 Å². The number of alkyl halides is 9. The monoisotopic (exact) mass is 378 g/mol. The SMILES string of the molecule is CCO[C@@H]1O[C@@H](C)C[C@@H](C(F)(F)C(F)(F)C(F)(F)C(F)(F)F)[C@H]1O. The van der Waals surface area contributed by atoms with Gasteiger partial charge in [-0.3, -0.25) is 0 Å². The van der Waals surface area contributed by atoms with E-state index in [1.165, 1.54) is 6.92 Å². The first-order chi connectivity index (χ1) is 10.6. The Morgan fingerprint density at radius 1 is 1.00 bits per heavy atom. The molecule has 0 amide bonds. The Kier molecular flexibility index (Phi) is 5.79. The van der Waals surface area contributed by atoms with Crippen molar-refractivity contribution in [3.8, 4) is 0 Å². The van der Waals surface area contributed by atoms with Crippen LogP contribution in [0.2, 0.25) is 0 Å². The zero-order valence-electron chi connectivity index (χ0n) is 12.4. The normalized spacial score (nSPS) is 30.5. The van der Waals surface area contributed by atoms with Crippen LogP contribution in [0.15, 0.2) is 0 Å². The lowest BCUT2D eigenvalue weighted by molar-refractivity contribution is -0.413. The largest absolute Gasteiger partial charge is 0.460 e. The molecule has 0 unspecified atom stereocenters. The summed E-state index contributed by atoms with van der Waals surface area (Å²) in [5.74, 6) is -22.6. The topological polar surface area (TPSA) is 38.7 Å². The van der Waals surface area contributed by atoms with Gasteiger partial charge in [0.15, 0.2) is 6.29 Å². The molecule has 1 fully saturated rings. The maximum absolute atomic E-state index is 13.9. The van der Waals surface area contributed by atoms with Gasteiger partial charge in [-0.25, -0.2) is 0 Å². The molecule has 0 bridgehead atoms. The molecule has 0 spiro atoms. The molecule has 0 saturated carbocycles. The minimum atomic E-state index is -6.99. The van der Waals surface area contributed by atoms with Crippen LogP contribution in [0.5, 0.6) is 0 Å². The standard InChI is InChI=1S/C12H15F9O3/c1-3-23-8-7(22)6(4-5(2)24-8)9(13,14)10(15,16)11(17,18)12(19,20)21/h5-8,22H,3-4H2,1-2H3/t5-,6+,7+,8+/m0/s1. The molecule has 144 valence electrons. The van der Waals surface area contributed by atoms with Crippen LogP contribution in [0.4, 0.5) is 39.5 Å². The second-order valence-corrected chi connectivity index (χ2v) is 5.37. The van der Waals surface area contributed by atoms with E-state index in [9.17, 15) is 44.6 Å². The average Bonchev–Trinajstić information content (AvgIpc) is 2.40. The third kappa shape index (κ3) is 3.32. The van der Waals surface area contributed by atoms with Crippen LogP contribution in [0.25, 0.3) is 0 Å². The molecule has 3 nitrogen and oxygen atoms in total. The average molecular weight is 378 g/mol. The molecule has 1 saturated heterocycles. The van der Waals surface area contributed by atoms with Crippen LogP contribution < -0.4 is 0 Å². The molecule has 1 aliphatic heterocycles. The molecule has 24 heavy (non-hydrogen) atoms. The number of aliphatic hydroxyl groups excluding tert-OH is 1. The van der Waals surface area contributed by atoms with Gasteiger partial charge >= 0.3 is 23.9 Å². The maximum Gasteiger partial charge on any atom is 0.460 e. The fraction of sp³-hybridized carbons (Fsp3) is 1.00. The molecule has 1 heterocycles. The van der Waals surface area contributed by atoms with Gasteiger partial charge in [-0.2, -0.15) is 39.5 Å². The number of ether oxygens (including phenoxy) is 2. The van der Waals surface area contributed by atoms with Crippen LogP contribution in [-0.4, -0.2) is 54.2 Å². The molecule has 0 aromatic carbocycles. The van der Waals surface area contributed by atoms with Crippen molar-refractivity contribution in [3.05, 3.63) is 0 Å². The summed E-state index contributed by atoms with van der Waals surface area (Å²) in [6.45, 7) is 2.23. The Morgan fingerprint density at radius 3 is 1.92 bits per heavy atom. The van der Waals surface area contributed by atoms with E-state index in [2.05, 4.69) is 0 Å². The van der Waals surface area contributed by atoms with Crippen molar-refractivity contribution in [1.82, 2.24) is 0 Å².